The summed E-state index contributed by atoms with van der Waals surface area (Å²) in [7, 11) is 3.11. The molecule has 1 aromatic heterocycles. The highest BCUT2D eigenvalue weighted by Crippen LogP contribution is 2.33. The van der Waals surface area contributed by atoms with Crippen LogP contribution in [0.1, 0.15) is 5.01 Å². The van der Waals surface area contributed by atoms with Gasteiger partial charge < -0.3 is 14.8 Å². The van der Waals surface area contributed by atoms with Gasteiger partial charge in [0, 0.05) is 28.9 Å². The van der Waals surface area contributed by atoms with Gasteiger partial charge in [0.1, 0.15) is 16.6 Å². The minimum atomic E-state index is -0.970. The van der Waals surface area contributed by atoms with Crippen LogP contribution in [0.5, 0.6) is 11.5 Å². The first kappa shape index (κ1) is 19.3. The zero-order valence-electron chi connectivity index (χ0n) is 15.0. The van der Waals surface area contributed by atoms with Crippen molar-refractivity contribution in [3.05, 3.63) is 64.6 Å². The van der Waals surface area contributed by atoms with Crippen molar-refractivity contribution in [2.75, 3.05) is 19.5 Å². The van der Waals surface area contributed by atoms with E-state index in [0.29, 0.717) is 27.9 Å². The van der Waals surface area contributed by atoms with Crippen molar-refractivity contribution in [2.24, 2.45) is 0 Å². The number of anilines is 1. The summed E-state index contributed by atoms with van der Waals surface area (Å²) in [4.78, 5) is 4.48. The molecule has 3 rings (SSSR count). The molecule has 142 valence electrons. The minimum Gasteiger partial charge on any atom is -0.493 e. The van der Waals surface area contributed by atoms with Crippen LogP contribution in [-0.2, 0) is 0 Å². The Kier molecular flexibility index (Phi) is 5.87. The number of hydrogen-bond donors (Lipinski definition) is 1. The standard InChI is InChI=1S/C20H15F2N3O2S/c1-26-18-6-3-12(7-19(18)27-2)17-11-28-20(25-17)13(9-23)10-24-14-4-5-15(21)16(22)8-14/h3-8,10-11,24H,1-2H3/b13-10-. The highest BCUT2D eigenvalue weighted by atomic mass is 32.1. The number of hydrogen-bond acceptors (Lipinski definition) is 6. The van der Waals surface area contributed by atoms with Gasteiger partial charge in [-0.05, 0) is 30.3 Å². The van der Waals surface area contributed by atoms with E-state index in [4.69, 9.17) is 9.47 Å². The molecule has 0 bridgehead atoms. The Morgan fingerprint density at radius 3 is 2.57 bits per heavy atom. The lowest BCUT2D eigenvalue weighted by Crippen LogP contribution is -1.93. The van der Waals surface area contributed by atoms with Crippen LogP contribution in [0.2, 0.25) is 0 Å². The van der Waals surface area contributed by atoms with Crippen LogP contribution in [0.25, 0.3) is 16.8 Å². The zero-order chi connectivity index (χ0) is 20.1. The fourth-order valence-electron chi connectivity index (χ4n) is 2.41. The van der Waals surface area contributed by atoms with E-state index < -0.39 is 11.6 Å². The number of ether oxygens (including phenoxy) is 2. The Balaban J connectivity index is 1.85. The normalized spacial score (nSPS) is 11.0. The summed E-state index contributed by atoms with van der Waals surface area (Å²) in [5.74, 6) is -0.725. The highest BCUT2D eigenvalue weighted by molar-refractivity contribution is 7.11. The number of benzene rings is 2. The van der Waals surface area contributed by atoms with Gasteiger partial charge in [-0.25, -0.2) is 13.8 Å². The number of aromatic nitrogens is 1. The van der Waals surface area contributed by atoms with Crippen LogP contribution >= 0.6 is 11.3 Å². The van der Waals surface area contributed by atoms with Gasteiger partial charge in [0.2, 0.25) is 0 Å². The summed E-state index contributed by atoms with van der Waals surface area (Å²) in [6, 6.07) is 10.9. The van der Waals surface area contributed by atoms with E-state index in [0.717, 1.165) is 17.7 Å². The molecule has 0 radical (unpaired) electrons. The number of nitriles is 1. The topological polar surface area (TPSA) is 67.2 Å². The van der Waals surface area contributed by atoms with Gasteiger partial charge in [-0.15, -0.1) is 11.3 Å². The van der Waals surface area contributed by atoms with Crippen LogP contribution in [0.3, 0.4) is 0 Å². The van der Waals surface area contributed by atoms with E-state index in [9.17, 15) is 14.0 Å². The maximum atomic E-state index is 13.3. The van der Waals surface area contributed by atoms with Crippen LogP contribution < -0.4 is 14.8 Å². The second kappa shape index (κ2) is 8.50. The third-order valence-electron chi connectivity index (χ3n) is 3.84. The average molecular weight is 399 g/mol. The third kappa shape index (κ3) is 4.10. The Morgan fingerprint density at radius 2 is 1.89 bits per heavy atom. The molecule has 0 fully saturated rings. The van der Waals surface area contributed by atoms with Gasteiger partial charge >= 0.3 is 0 Å². The number of halogens is 2. The van der Waals surface area contributed by atoms with E-state index in [1.165, 1.54) is 23.6 Å². The third-order valence-corrected chi connectivity index (χ3v) is 4.71. The van der Waals surface area contributed by atoms with Crippen LogP contribution in [0.4, 0.5) is 14.5 Å². The van der Waals surface area contributed by atoms with Crippen LogP contribution in [0, 0.1) is 23.0 Å². The molecule has 0 aliphatic heterocycles. The van der Waals surface area contributed by atoms with Gasteiger partial charge in [-0.3, -0.25) is 0 Å². The van der Waals surface area contributed by atoms with E-state index in [2.05, 4.69) is 16.4 Å². The SMILES string of the molecule is COc1ccc(-c2csc(/C(C#N)=C\Nc3ccc(F)c(F)c3)n2)cc1OC. The minimum absolute atomic E-state index is 0.265. The average Bonchev–Trinajstić information content (AvgIpc) is 3.20. The first-order chi connectivity index (χ1) is 13.5. The molecule has 0 saturated carbocycles. The van der Waals surface area contributed by atoms with Gasteiger partial charge in [0.05, 0.1) is 19.9 Å². The summed E-state index contributed by atoms with van der Waals surface area (Å²) in [6.45, 7) is 0. The maximum Gasteiger partial charge on any atom is 0.161 e. The molecule has 2 aromatic carbocycles. The maximum absolute atomic E-state index is 13.3. The predicted octanol–water partition coefficient (Wildman–Crippen LogP) is 5.08. The second-order valence-corrected chi connectivity index (χ2v) is 6.41. The lowest BCUT2D eigenvalue weighted by Gasteiger charge is -2.08. The van der Waals surface area contributed by atoms with Crippen molar-refractivity contribution < 1.29 is 18.3 Å². The Morgan fingerprint density at radius 1 is 1.11 bits per heavy atom. The molecule has 1 heterocycles. The number of nitrogens with zero attached hydrogens (tertiary/aromatic N) is 2. The van der Waals surface area contributed by atoms with Crippen molar-refractivity contribution >= 4 is 22.6 Å². The van der Waals surface area contributed by atoms with Gasteiger partial charge in [-0.2, -0.15) is 5.26 Å². The van der Waals surface area contributed by atoms with Gasteiger partial charge in [0.25, 0.3) is 0 Å². The Bertz CT molecular complexity index is 1070. The fraction of sp³-hybridized carbons (Fsp3) is 0.100. The number of rotatable bonds is 6. The largest absolute Gasteiger partial charge is 0.493 e. The molecule has 0 unspecified atom stereocenters. The molecule has 0 aliphatic carbocycles. The van der Waals surface area contributed by atoms with Crippen LogP contribution in [-0.4, -0.2) is 19.2 Å². The van der Waals surface area contributed by atoms with E-state index in [-0.39, 0.29) is 5.57 Å². The smallest absolute Gasteiger partial charge is 0.161 e. The molecular weight excluding hydrogens is 384 g/mol. The van der Waals surface area contributed by atoms with E-state index >= 15 is 0 Å². The quantitative estimate of drug-likeness (QED) is 0.586. The molecule has 0 aliphatic rings. The lowest BCUT2D eigenvalue weighted by atomic mass is 10.1. The zero-order valence-corrected chi connectivity index (χ0v) is 15.8. The molecule has 3 aromatic rings. The van der Waals surface area contributed by atoms with Gasteiger partial charge in [0.15, 0.2) is 23.1 Å². The van der Waals surface area contributed by atoms with E-state index in [1.54, 1.807) is 26.4 Å². The fourth-order valence-corrected chi connectivity index (χ4v) is 3.20. The second-order valence-electron chi connectivity index (χ2n) is 5.55. The summed E-state index contributed by atoms with van der Waals surface area (Å²) in [5, 5.41) is 14.5. The molecule has 0 amide bonds. The molecule has 0 atom stereocenters. The van der Waals surface area contributed by atoms with Crippen LogP contribution in [0.15, 0.2) is 48.0 Å². The molecule has 8 heteroatoms. The lowest BCUT2D eigenvalue weighted by molar-refractivity contribution is 0.355. The van der Waals surface area contributed by atoms with Gasteiger partial charge in [-0.1, -0.05) is 0 Å². The molecule has 0 spiro atoms. The number of methoxy groups -OCH3 is 2. The number of thiazole rings is 1. The predicted molar refractivity (Wildman–Crippen MR) is 104 cm³/mol. The Labute approximate surface area is 164 Å². The van der Waals surface area contributed by atoms with Crippen molar-refractivity contribution in [1.82, 2.24) is 4.98 Å². The first-order valence-electron chi connectivity index (χ1n) is 8.06. The molecule has 28 heavy (non-hydrogen) atoms. The number of nitrogens with one attached hydrogen (secondary N) is 1. The highest BCUT2D eigenvalue weighted by Gasteiger charge is 2.12. The summed E-state index contributed by atoms with van der Waals surface area (Å²) >= 11 is 1.29. The molecule has 1 N–H and O–H groups in total. The van der Waals surface area contributed by atoms with Crippen molar-refractivity contribution in [2.45, 2.75) is 0 Å². The summed E-state index contributed by atoms with van der Waals surface area (Å²) in [5.41, 5.74) is 2.07. The van der Waals surface area contributed by atoms with Crippen molar-refractivity contribution in [1.29, 1.82) is 5.26 Å². The monoisotopic (exact) mass is 399 g/mol. The van der Waals surface area contributed by atoms with Crippen molar-refractivity contribution in [3.8, 4) is 28.8 Å². The Hall–Kier alpha value is -3.44. The molecule has 0 saturated heterocycles. The first-order valence-corrected chi connectivity index (χ1v) is 8.94. The number of allylic oxidation sites excluding steroid dienone is 1. The molecule has 5 nitrogen and oxygen atoms in total. The summed E-state index contributed by atoms with van der Waals surface area (Å²) in [6.07, 6.45) is 1.41. The summed E-state index contributed by atoms with van der Waals surface area (Å²) < 4.78 is 36.8. The van der Waals surface area contributed by atoms with Crippen molar-refractivity contribution in [3.63, 3.8) is 0 Å². The van der Waals surface area contributed by atoms with E-state index in [1.807, 2.05) is 11.4 Å². The molecular formula is C20H15F2N3O2S.